The van der Waals surface area contributed by atoms with Gasteiger partial charge in [0.25, 0.3) is 11.5 Å². The van der Waals surface area contributed by atoms with Gasteiger partial charge in [0.1, 0.15) is 12.4 Å². The predicted molar refractivity (Wildman–Crippen MR) is 185 cm³/mol. The van der Waals surface area contributed by atoms with Crippen LogP contribution in [0.4, 0.5) is 11.4 Å². The van der Waals surface area contributed by atoms with Gasteiger partial charge in [0.2, 0.25) is 0 Å². The topological polar surface area (TPSA) is 66.8 Å². The molecule has 2 fully saturated rings. The first kappa shape index (κ1) is 30.9. The number of amides is 1. The van der Waals surface area contributed by atoms with Crippen molar-refractivity contribution in [1.29, 1.82) is 0 Å². The first-order valence-corrected chi connectivity index (χ1v) is 16.9. The van der Waals surface area contributed by atoms with E-state index in [1.807, 2.05) is 60.8 Å². The molecule has 1 amide bonds. The lowest BCUT2D eigenvalue weighted by molar-refractivity contribution is 0.102. The molecule has 7 heteroatoms. The molecule has 1 aromatic heterocycles. The van der Waals surface area contributed by atoms with Crippen LogP contribution in [0.2, 0.25) is 0 Å². The Kier molecular flexibility index (Phi) is 9.84. The zero-order chi connectivity index (χ0) is 31.2. The van der Waals surface area contributed by atoms with Crippen LogP contribution >= 0.6 is 0 Å². The number of pyridine rings is 1. The minimum Gasteiger partial charge on any atom is -0.492 e. The summed E-state index contributed by atoms with van der Waals surface area (Å²) < 4.78 is 7.84. The highest BCUT2D eigenvalue weighted by molar-refractivity contribution is 6.05. The van der Waals surface area contributed by atoms with Crippen molar-refractivity contribution in [2.24, 2.45) is 0 Å². The van der Waals surface area contributed by atoms with Gasteiger partial charge in [0, 0.05) is 42.8 Å². The standard InChI is InChI=1S/C38H46N4O3/c1-3-28-15-17-35(39-37(43)30-12-11-13-31(26-30)41-21-7-5-6-8-22-41)33(4-2)36(28)42-23-18-29-14-16-32(27-34(29)38(42)44)45-25-24-40-19-9-10-20-40/h11-18,23,26-27H,3-10,19-22,24-25H2,1-2H3,(H,39,43). The molecule has 3 heterocycles. The Bertz CT molecular complexity index is 1700. The second-order valence-electron chi connectivity index (χ2n) is 12.3. The van der Waals surface area contributed by atoms with Gasteiger partial charge in [0.05, 0.1) is 11.1 Å². The number of nitrogens with zero attached hydrogens (tertiary/aromatic N) is 3. The highest BCUT2D eigenvalue weighted by Gasteiger charge is 2.19. The number of carbonyl (C=O) groups is 1. The number of aryl methyl sites for hydroxylation is 1. The maximum Gasteiger partial charge on any atom is 0.263 e. The van der Waals surface area contributed by atoms with Crippen LogP contribution in [-0.4, -0.2) is 54.7 Å². The van der Waals surface area contributed by atoms with E-state index in [1.54, 1.807) is 4.57 Å². The molecule has 0 radical (unpaired) electrons. The average molecular weight is 607 g/mol. The first-order valence-electron chi connectivity index (χ1n) is 16.9. The molecule has 2 saturated heterocycles. The molecule has 45 heavy (non-hydrogen) atoms. The van der Waals surface area contributed by atoms with E-state index in [4.69, 9.17) is 4.74 Å². The van der Waals surface area contributed by atoms with E-state index < -0.39 is 0 Å². The highest BCUT2D eigenvalue weighted by atomic mass is 16.5. The Morgan fingerprint density at radius 2 is 1.62 bits per heavy atom. The fourth-order valence-electron chi connectivity index (χ4n) is 6.90. The van der Waals surface area contributed by atoms with E-state index in [0.29, 0.717) is 29.7 Å². The summed E-state index contributed by atoms with van der Waals surface area (Å²) in [4.78, 5) is 32.5. The highest BCUT2D eigenvalue weighted by Crippen LogP contribution is 2.30. The molecule has 0 atom stereocenters. The van der Waals surface area contributed by atoms with E-state index in [9.17, 15) is 9.59 Å². The molecule has 2 aliphatic rings. The minimum atomic E-state index is -0.141. The molecule has 0 aliphatic carbocycles. The van der Waals surface area contributed by atoms with E-state index in [-0.39, 0.29) is 11.5 Å². The number of rotatable bonds is 10. The molecule has 0 saturated carbocycles. The third-order valence-corrected chi connectivity index (χ3v) is 9.42. The van der Waals surface area contributed by atoms with Crippen molar-refractivity contribution in [3.8, 4) is 11.4 Å². The minimum absolute atomic E-state index is 0.0875. The summed E-state index contributed by atoms with van der Waals surface area (Å²) in [7, 11) is 0. The normalized spacial score (nSPS) is 15.7. The SMILES string of the molecule is CCc1ccc(NC(=O)c2cccc(N3CCCCCC3)c2)c(CC)c1-n1ccc2ccc(OCCN3CCCC3)cc2c1=O. The Morgan fingerprint density at radius 1 is 0.844 bits per heavy atom. The van der Waals surface area contributed by atoms with Gasteiger partial charge < -0.3 is 15.0 Å². The number of benzene rings is 3. The van der Waals surface area contributed by atoms with Gasteiger partial charge in [-0.15, -0.1) is 0 Å². The molecule has 0 bridgehead atoms. The van der Waals surface area contributed by atoms with Crippen LogP contribution in [0.3, 0.4) is 0 Å². The van der Waals surface area contributed by atoms with Crippen LogP contribution in [-0.2, 0) is 12.8 Å². The molecule has 2 aliphatic heterocycles. The second kappa shape index (κ2) is 14.3. The Labute approximate surface area is 266 Å². The average Bonchev–Trinajstić information content (AvgIpc) is 3.44. The van der Waals surface area contributed by atoms with Gasteiger partial charge >= 0.3 is 0 Å². The molecule has 7 nitrogen and oxygen atoms in total. The summed E-state index contributed by atoms with van der Waals surface area (Å²) in [6.45, 7) is 10.0. The Morgan fingerprint density at radius 3 is 2.38 bits per heavy atom. The van der Waals surface area contributed by atoms with Crippen molar-refractivity contribution in [2.75, 3.05) is 49.5 Å². The first-order chi connectivity index (χ1) is 22.1. The number of carbonyl (C=O) groups excluding carboxylic acids is 1. The Hall–Kier alpha value is -4.10. The van der Waals surface area contributed by atoms with Gasteiger partial charge in [-0.3, -0.25) is 19.1 Å². The zero-order valence-corrected chi connectivity index (χ0v) is 26.8. The molecule has 1 N–H and O–H groups in total. The maximum atomic E-state index is 14.1. The third-order valence-electron chi connectivity index (χ3n) is 9.42. The number of hydrogen-bond donors (Lipinski definition) is 1. The van der Waals surface area contributed by atoms with Crippen LogP contribution < -0.4 is 20.5 Å². The van der Waals surface area contributed by atoms with Crippen molar-refractivity contribution < 1.29 is 9.53 Å². The Balaban J connectivity index is 1.29. The molecule has 236 valence electrons. The monoisotopic (exact) mass is 606 g/mol. The predicted octanol–water partition coefficient (Wildman–Crippen LogP) is 7.22. The number of nitrogens with one attached hydrogen (secondary N) is 1. The quantitative estimate of drug-likeness (QED) is 0.206. The number of likely N-dealkylation sites (tertiary alicyclic amines) is 1. The molecular formula is C38H46N4O3. The molecular weight excluding hydrogens is 560 g/mol. The number of hydrogen-bond acceptors (Lipinski definition) is 5. The summed E-state index contributed by atoms with van der Waals surface area (Å²) in [6.07, 6.45) is 10.7. The molecule has 0 unspecified atom stereocenters. The lowest BCUT2D eigenvalue weighted by Crippen LogP contribution is -2.25. The van der Waals surface area contributed by atoms with Gasteiger partial charge in [-0.05, 0) is 111 Å². The van der Waals surface area contributed by atoms with Crippen molar-refractivity contribution in [2.45, 2.75) is 65.2 Å². The summed E-state index contributed by atoms with van der Waals surface area (Å²) in [5, 5.41) is 4.70. The van der Waals surface area contributed by atoms with Crippen LogP contribution in [0.1, 0.15) is 73.9 Å². The third kappa shape index (κ3) is 6.94. The van der Waals surface area contributed by atoms with Gasteiger partial charge in [0.15, 0.2) is 0 Å². The number of anilines is 2. The fourth-order valence-corrected chi connectivity index (χ4v) is 6.90. The van der Waals surface area contributed by atoms with Gasteiger partial charge in [-0.1, -0.05) is 44.9 Å². The molecule has 6 rings (SSSR count). The molecule has 4 aromatic rings. The smallest absolute Gasteiger partial charge is 0.263 e. The van der Waals surface area contributed by atoms with Crippen LogP contribution in [0, 0.1) is 0 Å². The molecule has 3 aromatic carbocycles. The fraction of sp³-hybridized carbons (Fsp3) is 0.421. The largest absolute Gasteiger partial charge is 0.492 e. The van der Waals surface area contributed by atoms with Gasteiger partial charge in [-0.2, -0.15) is 0 Å². The van der Waals surface area contributed by atoms with E-state index in [2.05, 4.69) is 35.0 Å². The van der Waals surface area contributed by atoms with Crippen molar-refractivity contribution in [3.63, 3.8) is 0 Å². The summed E-state index contributed by atoms with van der Waals surface area (Å²) >= 11 is 0. The lowest BCUT2D eigenvalue weighted by atomic mass is 9.99. The lowest BCUT2D eigenvalue weighted by Gasteiger charge is -2.23. The van der Waals surface area contributed by atoms with Crippen molar-refractivity contribution in [1.82, 2.24) is 9.47 Å². The van der Waals surface area contributed by atoms with E-state index in [1.165, 1.54) is 38.5 Å². The maximum absolute atomic E-state index is 14.1. The summed E-state index contributed by atoms with van der Waals surface area (Å²) in [5.74, 6) is 0.574. The number of fused-ring (bicyclic) bond motifs is 1. The van der Waals surface area contributed by atoms with Crippen LogP contribution in [0.25, 0.3) is 16.5 Å². The zero-order valence-electron chi connectivity index (χ0n) is 26.8. The van der Waals surface area contributed by atoms with Crippen molar-refractivity contribution in [3.05, 3.63) is 93.9 Å². The van der Waals surface area contributed by atoms with Crippen LogP contribution in [0.15, 0.2) is 71.7 Å². The number of aromatic nitrogens is 1. The van der Waals surface area contributed by atoms with Gasteiger partial charge in [-0.25, -0.2) is 0 Å². The summed E-state index contributed by atoms with van der Waals surface area (Å²) in [6, 6.07) is 19.7. The molecule has 0 spiro atoms. The summed E-state index contributed by atoms with van der Waals surface area (Å²) in [5.41, 5.74) is 5.25. The van der Waals surface area contributed by atoms with E-state index >= 15 is 0 Å². The van der Waals surface area contributed by atoms with Crippen molar-refractivity contribution >= 4 is 28.1 Å². The van der Waals surface area contributed by atoms with E-state index in [0.717, 1.165) is 72.7 Å². The number of ether oxygens (including phenoxy) is 1. The van der Waals surface area contributed by atoms with Crippen LogP contribution in [0.5, 0.6) is 5.75 Å². The second-order valence-corrected chi connectivity index (χ2v) is 12.3.